The zero-order valence-corrected chi connectivity index (χ0v) is 8.61. The normalized spacial score (nSPS) is 10.0. The summed E-state index contributed by atoms with van der Waals surface area (Å²) in [5, 5.41) is 3.95. The second kappa shape index (κ2) is 5.06. The number of aromatic nitrogens is 3. The number of ether oxygens (including phenoxy) is 1. The highest BCUT2D eigenvalue weighted by Crippen LogP contribution is 2.15. The number of para-hydroxylation sites is 1. The zero-order valence-electron chi connectivity index (χ0n) is 8.61. The van der Waals surface area contributed by atoms with Crippen LogP contribution in [0.3, 0.4) is 0 Å². The molecule has 1 aromatic heterocycles. The summed E-state index contributed by atoms with van der Waals surface area (Å²) in [6.45, 7) is 1.06. The third-order valence-corrected chi connectivity index (χ3v) is 2.09. The van der Waals surface area contributed by atoms with Gasteiger partial charge in [-0.05, 0) is 12.1 Å². The Balaban J connectivity index is 1.92. The van der Waals surface area contributed by atoms with E-state index in [1.165, 1.54) is 6.33 Å². The van der Waals surface area contributed by atoms with Crippen molar-refractivity contribution in [2.75, 3.05) is 6.61 Å². The minimum atomic E-state index is 0.453. The molecule has 0 amide bonds. The van der Waals surface area contributed by atoms with Crippen LogP contribution in [0.1, 0.15) is 10.4 Å². The summed E-state index contributed by atoms with van der Waals surface area (Å²) >= 11 is 0. The third kappa shape index (κ3) is 2.44. The molecule has 0 spiro atoms. The molecule has 2 aromatic rings. The molecular formula is C11H11N3O2. The molecule has 0 fully saturated rings. The van der Waals surface area contributed by atoms with Crippen LogP contribution in [0.25, 0.3) is 0 Å². The summed E-state index contributed by atoms with van der Waals surface area (Å²) < 4.78 is 7.15. The molecule has 0 saturated carbocycles. The average molecular weight is 217 g/mol. The lowest BCUT2D eigenvalue weighted by atomic mass is 10.2. The van der Waals surface area contributed by atoms with Crippen molar-refractivity contribution in [3.8, 4) is 5.75 Å². The van der Waals surface area contributed by atoms with Crippen LogP contribution in [0.15, 0.2) is 36.9 Å². The van der Waals surface area contributed by atoms with E-state index in [0.29, 0.717) is 24.5 Å². The Labute approximate surface area is 92.7 Å². The molecule has 5 heteroatoms. The van der Waals surface area contributed by atoms with Gasteiger partial charge in [-0.25, -0.2) is 9.67 Å². The van der Waals surface area contributed by atoms with Crippen molar-refractivity contribution in [1.29, 1.82) is 0 Å². The fourth-order valence-corrected chi connectivity index (χ4v) is 1.31. The average Bonchev–Trinajstić information content (AvgIpc) is 2.83. The van der Waals surface area contributed by atoms with Gasteiger partial charge in [0, 0.05) is 0 Å². The SMILES string of the molecule is O=Cc1ccccc1OCCn1cncn1. The highest BCUT2D eigenvalue weighted by atomic mass is 16.5. The first-order valence-electron chi connectivity index (χ1n) is 4.89. The van der Waals surface area contributed by atoms with E-state index in [9.17, 15) is 4.79 Å². The van der Waals surface area contributed by atoms with Crippen molar-refractivity contribution < 1.29 is 9.53 Å². The molecule has 0 saturated heterocycles. The van der Waals surface area contributed by atoms with Gasteiger partial charge in [0.1, 0.15) is 25.0 Å². The quantitative estimate of drug-likeness (QED) is 0.705. The number of aldehydes is 1. The summed E-state index contributed by atoms with van der Waals surface area (Å²) in [4.78, 5) is 14.5. The first-order valence-corrected chi connectivity index (χ1v) is 4.89. The minimum Gasteiger partial charge on any atom is -0.491 e. The fraction of sp³-hybridized carbons (Fsp3) is 0.182. The number of nitrogens with zero attached hydrogens (tertiary/aromatic N) is 3. The molecule has 0 aliphatic rings. The summed E-state index contributed by atoms with van der Waals surface area (Å²) in [5.74, 6) is 0.595. The van der Waals surface area contributed by atoms with E-state index in [1.807, 2.05) is 6.07 Å². The molecule has 82 valence electrons. The Bertz CT molecular complexity index is 454. The van der Waals surface area contributed by atoms with E-state index in [-0.39, 0.29) is 0 Å². The van der Waals surface area contributed by atoms with E-state index >= 15 is 0 Å². The largest absolute Gasteiger partial charge is 0.491 e. The highest BCUT2D eigenvalue weighted by molar-refractivity contribution is 5.79. The first-order chi connectivity index (χ1) is 7.90. The first kappa shape index (κ1) is 10.4. The van der Waals surface area contributed by atoms with Gasteiger partial charge in [0.05, 0.1) is 12.1 Å². The van der Waals surface area contributed by atoms with Gasteiger partial charge in [-0.2, -0.15) is 5.10 Å². The Kier molecular flexibility index (Phi) is 3.28. The van der Waals surface area contributed by atoms with Crippen LogP contribution < -0.4 is 4.74 Å². The Morgan fingerprint density at radius 1 is 1.38 bits per heavy atom. The minimum absolute atomic E-state index is 0.453. The van der Waals surface area contributed by atoms with Gasteiger partial charge in [-0.15, -0.1) is 0 Å². The molecule has 0 aliphatic carbocycles. The second-order valence-corrected chi connectivity index (χ2v) is 3.16. The number of rotatable bonds is 5. The molecule has 1 heterocycles. The Morgan fingerprint density at radius 3 is 3.00 bits per heavy atom. The smallest absolute Gasteiger partial charge is 0.153 e. The van der Waals surface area contributed by atoms with E-state index in [0.717, 1.165) is 6.29 Å². The monoisotopic (exact) mass is 217 g/mol. The fourth-order valence-electron chi connectivity index (χ4n) is 1.31. The Morgan fingerprint density at radius 2 is 2.25 bits per heavy atom. The van der Waals surface area contributed by atoms with Gasteiger partial charge in [0.2, 0.25) is 0 Å². The molecular weight excluding hydrogens is 206 g/mol. The van der Waals surface area contributed by atoms with Crippen LogP contribution >= 0.6 is 0 Å². The highest BCUT2D eigenvalue weighted by Gasteiger charge is 2.01. The molecule has 0 unspecified atom stereocenters. The van der Waals surface area contributed by atoms with Crippen LogP contribution in [-0.2, 0) is 6.54 Å². The lowest BCUT2D eigenvalue weighted by molar-refractivity contribution is 0.111. The lowest BCUT2D eigenvalue weighted by Crippen LogP contribution is -2.09. The molecule has 1 aromatic carbocycles. The molecule has 0 bridgehead atoms. The van der Waals surface area contributed by atoms with Crippen LogP contribution in [0.2, 0.25) is 0 Å². The molecule has 0 atom stereocenters. The molecule has 5 nitrogen and oxygen atoms in total. The van der Waals surface area contributed by atoms with Crippen molar-refractivity contribution in [2.24, 2.45) is 0 Å². The van der Waals surface area contributed by atoms with Crippen LogP contribution in [0.4, 0.5) is 0 Å². The molecule has 2 rings (SSSR count). The molecule has 0 radical (unpaired) electrons. The maximum atomic E-state index is 10.7. The van der Waals surface area contributed by atoms with E-state index in [1.54, 1.807) is 29.2 Å². The van der Waals surface area contributed by atoms with Crippen LogP contribution in [-0.4, -0.2) is 27.7 Å². The summed E-state index contributed by atoms with van der Waals surface area (Å²) in [6, 6.07) is 7.12. The molecule has 16 heavy (non-hydrogen) atoms. The van der Waals surface area contributed by atoms with Crippen LogP contribution in [0.5, 0.6) is 5.75 Å². The number of hydrogen-bond acceptors (Lipinski definition) is 4. The number of benzene rings is 1. The molecule has 0 N–H and O–H groups in total. The van der Waals surface area contributed by atoms with Crippen molar-refractivity contribution in [1.82, 2.24) is 14.8 Å². The number of carbonyl (C=O) groups excluding carboxylic acids is 1. The van der Waals surface area contributed by atoms with Gasteiger partial charge in [0.25, 0.3) is 0 Å². The lowest BCUT2D eigenvalue weighted by Gasteiger charge is -2.07. The van der Waals surface area contributed by atoms with Gasteiger partial charge < -0.3 is 4.74 Å². The third-order valence-electron chi connectivity index (χ3n) is 2.09. The standard InChI is InChI=1S/C11H11N3O2/c15-7-10-3-1-2-4-11(10)16-6-5-14-9-12-8-13-14/h1-4,7-9H,5-6H2. The zero-order chi connectivity index (χ0) is 11.2. The Hall–Kier alpha value is -2.17. The summed E-state index contributed by atoms with van der Waals surface area (Å²) in [7, 11) is 0. The van der Waals surface area contributed by atoms with E-state index in [2.05, 4.69) is 10.1 Å². The van der Waals surface area contributed by atoms with Crippen molar-refractivity contribution in [3.63, 3.8) is 0 Å². The maximum absolute atomic E-state index is 10.7. The maximum Gasteiger partial charge on any atom is 0.153 e. The van der Waals surface area contributed by atoms with Crippen LogP contribution in [0, 0.1) is 0 Å². The van der Waals surface area contributed by atoms with Crippen molar-refractivity contribution in [2.45, 2.75) is 6.54 Å². The second-order valence-electron chi connectivity index (χ2n) is 3.16. The van der Waals surface area contributed by atoms with Gasteiger partial charge in [-0.3, -0.25) is 4.79 Å². The predicted octanol–water partition coefficient (Wildman–Crippen LogP) is 1.17. The topological polar surface area (TPSA) is 57.0 Å². The summed E-state index contributed by atoms with van der Waals surface area (Å²) in [5.41, 5.74) is 0.557. The predicted molar refractivity (Wildman–Crippen MR) is 57.3 cm³/mol. The van der Waals surface area contributed by atoms with E-state index in [4.69, 9.17) is 4.74 Å². The van der Waals surface area contributed by atoms with Gasteiger partial charge in [0.15, 0.2) is 6.29 Å². The number of carbonyl (C=O) groups is 1. The van der Waals surface area contributed by atoms with Crippen molar-refractivity contribution in [3.05, 3.63) is 42.5 Å². The number of hydrogen-bond donors (Lipinski definition) is 0. The van der Waals surface area contributed by atoms with Gasteiger partial charge in [-0.1, -0.05) is 12.1 Å². The van der Waals surface area contributed by atoms with Gasteiger partial charge >= 0.3 is 0 Å². The van der Waals surface area contributed by atoms with Crippen molar-refractivity contribution >= 4 is 6.29 Å². The summed E-state index contributed by atoms with van der Waals surface area (Å²) in [6.07, 6.45) is 3.87. The van der Waals surface area contributed by atoms with E-state index < -0.39 is 0 Å². The molecule has 0 aliphatic heterocycles.